The highest BCUT2D eigenvalue weighted by Crippen LogP contribution is 2.23. The van der Waals surface area contributed by atoms with Crippen LogP contribution in [0.4, 0.5) is 5.69 Å². The topological polar surface area (TPSA) is 63.2 Å². The number of nitrogens with zero attached hydrogens (tertiary/aromatic N) is 1. The summed E-state index contributed by atoms with van der Waals surface area (Å²) in [6.07, 6.45) is 1.78. The number of ether oxygens (including phenoxy) is 1. The van der Waals surface area contributed by atoms with E-state index in [1.807, 2.05) is 67.6 Å². The van der Waals surface area contributed by atoms with E-state index in [9.17, 15) is 4.79 Å². The first-order chi connectivity index (χ1) is 13.6. The van der Waals surface area contributed by atoms with Crippen LogP contribution in [0.5, 0.6) is 5.75 Å². The molecule has 0 bridgehead atoms. The minimum absolute atomic E-state index is 0.0528. The van der Waals surface area contributed by atoms with E-state index in [1.54, 1.807) is 6.20 Å². The maximum absolute atomic E-state index is 12.2. The van der Waals surface area contributed by atoms with Crippen molar-refractivity contribution in [1.29, 1.82) is 0 Å². The van der Waals surface area contributed by atoms with Gasteiger partial charge in [-0.1, -0.05) is 39.7 Å². The van der Waals surface area contributed by atoms with Gasteiger partial charge in [-0.25, -0.2) is 0 Å². The molecule has 0 fully saturated rings. The van der Waals surface area contributed by atoms with Gasteiger partial charge in [0.1, 0.15) is 5.75 Å². The van der Waals surface area contributed by atoms with Crippen LogP contribution in [-0.4, -0.2) is 17.5 Å². The molecule has 2 N–H and O–H groups in total. The number of pyridine rings is 1. The van der Waals surface area contributed by atoms with Crippen LogP contribution >= 0.6 is 15.9 Å². The molecule has 0 aliphatic heterocycles. The summed E-state index contributed by atoms with van der Waals surface area (Å²) in [5, 5.41) is 6.19. The quantitative estimate of drug-likeness (QED) is 0.543. The van der Waals surface area contributed by atoms with Gasteiger partial charge in [0.25, 0.3) is 5.91 Å². The molecular weight excluding hydrogens is 418 g/mol. The molecule has 3 rings (SSSR count). The van der Waals surface area contributed by atoms with Crippen LogP contribution in [0.25, 0.3) is 0 Å². The predicted molar refractivity (Wildman–Crippen MR) is 114 cm³/mol. The van der Waals surface area contributed by atoms with Crippen molar-refractivity contribution in [3.8, 4) is 5.75 Å². The van der Waals surface area contributed by atoms with E-state index in [4.69, 9.17) is 4.74 Å². The Morgan fingerprint density at radius 3 is 2.64 bits per heavy atom. The lowest BCUT2D eigenvalue weighted by molar-refractivity contribution is -0.118. The summed E-state index contributed by atoms with van der Waals surface area (Å²) in [6.45, 7) is 3.21. The van der Waals surface area contributed by atoms with Crippen molar-refractivity contribution in [3.05, 3.63) is 88.2 Å². The molecule has 1 amide bonds. The van der Waals surface area contributed by atoms with Gasteiger partial charge in [-0.15, -0.1) is 0 Å². The number of benzene rings is 2. The van der Waals surface area contributed by atoms with Crippen LogP contribution < -0.4 is 15.4 Å². The molecule has 1 heterocycles. The minimum Gasteiger partial charge on any atom is -0.483 e. The van der Waals surface area contributed by atoms with Gasteiger partial charge in [0.05, 0.1) is 5.69 Å². The number of aryl methyl sites for hydroxylation is 1. The van der Waals surface area contributed by atoms with E-state index < -0.39 is 0 Å². The molecule has 0 saturated carbocycles. The molecule has 0 radical (unpaired) electrons. The maximum atomic E-state index is 12.2. The van der Waals surface area contributed by atoms with Crippen molar-refractivity contribution in [2.75, 3.05) is 11.9 Å². The summed E-state index contributed by atoms with van der Waals surface area (Å²) in [7, 11) is 0. The summed E-state index contributed by atoms with van der Waals surface area (Å²) in [5.74, 6) is 0.481. The SMILES string of the molecule is Cc1ccc(NC(=O)COc2ccc(Br)cc2CNCc2ccccn2)cc1. The Bertz CT molecular complexity index is 915. The fourth-order valence-corrected chi connectivity index (χ4v) is 3.04. The molecule has 5 nitrogen and oxygen atoms in total. The van der Waals surface area contributed by atoms with Crippen molar-refractivity contribution in [2.24, 2.45) is 0 Å². The van der Waals surface area contributed by atoms with Crippen LogP contribution in [0.3, 0.4) is 0 Å². The molecule has 6 heteroatoms. The highest BCUT2D eigenvalue weighted by atomic mass is 79.9. The predicted octanol–water partition coefficient (Wildman–Crippen LogP) is 4.46. The third-order valence-electron chi connectivity index (χ3n) is 4.06. The Hall–Kier alpha value is -2.70. The minimum atomic E-state index is -0.195. The molecule has 0 atom stereocenters. The molecule has 28 heavy (non-hydrogen) atoms. The number of hydrogen-bond donors (Lipinski definition) is 2. The summed E-state index contributed by atoms with van der Waals surface area (Å²) in [6, 6.07) is 19.2. The first-order valence-electron chi connectivity index (χ1n) is 8.98. The van der Waals surface area contributed by atoms with Crippen LogP contribution in [0, 0.1) is 6.92 Å². The summed E-state index contributed by atoms with van der Waals surface area (Å²) in [4.78, 5) is 16.5. The van der Waals surface area contributed by atoms with Gasteiger partial charge in [-0.3, -0.25) is 9.78 Å². The Balaban J connectivity index is 1.55. The Kier molecular flexibility index (Phi) is 7.17. The lowest BCUT2D eigenvalue weighted by atomic mass is 10.2. The third kappa shape index (κ3) is 6.18. The smallest absolute Gasteiger partial charge is 0.262 e. The normalized spacial score (nSPS) is 10.5. The number of hydrogen-bond acceptors (Lipinski definition) is 4. The zero-order chi connectivity index (χ0) is 19.8. The van der Waals surface area contributed by atoms with Crippen LogP contribution in [0.15, 0.2) is 71.3 Å². The van der Waals surface area contributed by atoms with E-state index in [0.29, 0.717) is 18.8 Å². The molecule has 1 aromatic heterocycles. The fourth-order valence-electron chi connectivity index (χ4n) is 2.63. The lowest BCUT2D eigenvalue weighted by Crippen LogP contribution is -2.21. The second-order valence-corrected chi connectivity index (χ2v) is 7.30. The Morgan fingerprint density at radius 2 is 1.89 bits per heavy atom. The first-order valence-corrected chi connectivity index (χ1v) is 9.78. The van der Waals surface area contributed by atoms with Crippen LogP contribution in [-0.2, 0) is 17.9 Å². The van der Waals surface area contributed by atoms with Gasteiger partial charge in [0.2, 0.25) is 0 Å². The number of amides is 1. The van der Waals surface area contributed by atoms with E-state index in [-0.39, 0.29) is 12.5 Å². The van der Waals surface area contributed by atoms with E-state index >= 15 is 0 Å². The highest BCUT2D eigenvalue weighted by Gasteiger charge is 2.08. The summed E-state index contributed by atoms with van der Waals surface area (Å²) in [5.41, 5.74) is 3.84. The first kappa shape index (κ1) is 20.0. The monoisotopic (exact) mass is 439 g/mol. The van der Waals surface area contributed by atoms with Gasteiger partial charge in [0, 0.05) is 35.0 Å². The van der Waals surface area contributed by atoms with E-state index in [2.05, 4.69) is 31.5 Å². The molecule has 0 saturated heterocycles. The van der Waals surface area contributed by atoms with Gasteiger partial charge in [0.15, 0.2) is 6.61 Å². The average molecular weight is 440 g/mol. The van der Waals surface area contributed by atoms with E-state index in [0.717, 1.165) is 27.0 Å². The summed E-state index contributed by atoms with van der Waals surface area (Å²) < 4.78 is 6.72. The van der Waals surface area contributed by atoms with Crippen molar-refractivity contribution in [3.63, 3.8) is 0 Å². The molecular formula is C22H22BrN3O2. The fraction of sp³-hybridized carbons (Fsp3) is 0.182. The lowest BCUT2D eigenvalue weighted by Gasteiger charge is -2.13. The van der Waals surface area contributed by atoms with Crippen LogP contribution in [0.1, 0.15) is 16.8 Å². The highest BCUT2D eigenvalue weighted by molar-refractivity contribution is 9.10. The Morgan fingerprint density at radius 1 is 1.07 bits per heavy atom. The Labute approximate surface area is 173 Å². The molecule has 144 valence electrons. The number of halogens is 1. The summed E-state index contributed by atoms with van der Waals surface area (Å²) >= 11 is 3.49. The number of anilines is 1. The molecule has 0 aliphatic carbocycles. The van der Waals surface area contributed by atoms with E-state index in [1.165, 1.54) is 0 Å². The van der Waals surface area contributed by atoms with Crippen molar-refractivity contribution < 1.29 is 9.53 Å². The molecule has 0 unspecified atom stereocenters. The third-order valence-corrected chi connectivity index (χ3v) is 4.56. The number of rotatable bonds is 8. The number of carbonyl (C=O) groups excluding carboxylic acids is 1. The van der Waals surface area contributed by atoms with Gasteiger partial charge >= 0.3 is 0 Å². The maximum Gasteiger partial charge on any atom is 0.262 e. The number of aromatic nitrogens is 1. The molecule has 0 aliphatic rings. The second kappa shape index (κ2) is 10.0. The number of nitrogens with one attached hydrogen (secondary N) is 2. The van der Waals surface area contributed by atoms with Crippen molar-refractivity contribution in [2.45, 2.75) is 20.0 Å². The molecule has 0 spiro atoms. The van der Waals surface area contributed by atoms with Crippen LogP contribution in [0.2, 0.25) is 0 Å². The zero-order valence-electron chi connectivity index (χ0n) is 15.6. The molecule has 3 aromatic rings. The van der Waals surface area contributed by atoms with Gasteiger partial charge < -0.3 is 15.4 Å². The largest absolute Gasteiger partial charge is 0.483 e. The van der Waals surface area contributed by atoms with Gasteiger partial charge in [-0.2, -0.15) is 0 Å². The zero-order valence-corrected chi connectivity index (χ0v) is 17.2. The number of carbonyl (C=O) groups is 1. The standard InChI is InChI=1S/C22H22BrN3O2/c1-16-5-8-19(9-6-16)26-22(27)15-28-21-10-7-18(23)12-17(21)13-24-14-20-4-2-3-11-25-20/h2-12,24H,13-15H2,1H3,(H,26,27). The second-order valence-electron chi connectivity index (χ2n) is 6.38. The van der Waals surface area contributed by atoms with Crippen molar-refractivity contribution in [1.82, 2.24) is 10.3 Å². The average Bonchev–Trinajstić information content (AvgIpc) is 2.70. The van der Waals surface area contributed by atoms with Crippen molar-refractivity contribution >= 4 is 27.5 Å². The van der Waals surface area contributed by atoms with Gasteiger partial charge in [-0.05, 0) is 49.4 Å². The molecule has 2 aromatic carbocycles.